The van der Waals surface area contributed by atoms with Gasteiger partial charge in [-0.1, -0.05) is 24.6 Å². The molecule has 0 saturated heterocycles. The molecule has 0 bridgehead atoms. The maximum Gasteiger partial charge on any atom is 0.265 e. The van der Waals surface area contributed by atoms with Crippen molar-refractivity contribution in [1.29, 1.82) is 0 Å². The summed E-state index contributed by atoms with van der Waals surface area (Å²) in [4.78, 5) is 12.6. The quantitative estimate of drug-likeness (QED) is 0.854. The second-order valence-corrected chi connectivity index (χ2v) is 5.95. The van der Waals surface area contributed by atoms with Crippen molar-refractivity contribution in [2.45, 2.75) is 40.2 Å². The number of aryl methyl sites for hydroxylation is 3. The zero-order chi connectivity index (χ0) is 17.7. The van der Waals surface area contributed by atoms with Crippen molar-refractivity contribution >= 4 is 11.6 Å². The Morgan fingerprint density at radius 1 is 1.04 bits per heavy atom. The zero-order valence-electron chi connectivity index (χ0n) is 15.0. The lowest BCUT2D eigenvalue weighted by atomic mass is 10.0. The van der Waals surface area contributed by atoms with Crippen molar-refractivity contribution in [2.24, 2.45) is 0 Å². The van der Waals surface area contributed by atoms with Gasteiger partial charge in [-0.15, -0.1) is 0 Å². The minimum Gasteiger partial charge on any atom is -0.497 e. The van der Waals surface area contributed by atoms with Crippen LogP contribution >= 0.6 is 0 Å². The first kappa shape index (κ1) is 17.9. The Labute approximate surface area is 143 Å². The van der Waals surface area contributed by atoms with Crippen molar-refractivity contribution in [2.75, 3.05) is 12.4 Å². The molecule has 1 amide bonds. The average molecular weight is 327 g/mol. The number of ether oxygens (including phenoxy) is 2. The smallest absolute Gasteiger partial charge is 0.265 e. The van der Waals surface area contributed by atoms with E-state index in [1.807, 2.05) is 39.8 Å². The summed E-state index contributed by atoms with van der Waals surface area (Å²) in [7, 11) is 1.62. The summed E-state index contributed by atoms with van der Waals surface area (Å²) >= 11 is 0. The van der Waals surface area contributed by atoms with E-state index in [0.717, 1.165) is 22.6 Å². The number of amides is 1. The highest BCUT2D eigenvalue weighted by molar-refractivity contribution is 5.95. The predicted octanol–water partition coefficient (Wildman–Crippen LogP) is 4.42. The minimum atomic E-state index is -0.543. The fraction of sp³-hybridized carbons (Fsp3) is 0.350. The molecule has 0 aliphatic carbocycles. The highest BCUT2D eigenvalue weighted by Crippen LogP contribution is 2.23. The summed E-state index contributed by atoms with van der Waals surface area (Å²) in [5.74, 6) is 1.27. The third-order valence-electron chi connectivity index (χ3n) is 3.93. The second-order valence-electron chi connectivity index (χ2n) is 5.95. The molecular weight excluding hydrogens is 302 g/mol. The highest BCUT2D eigenvalue weighted by atomic mass is 16.5. The zero-order valence-corrected chi connectivity index (χ0v) is 15.0. The maximum absolute atomic E-state index is 12.6. The molecule has 0 aliphatic rings. The number of hydrogen-bond acceptors (Lipinski definition) is 3. The molecule has 0 saturated carbocycles. The minimum absolute atomic E-state index is 0.136. The Morgan fingerprint density at radius 2 is 1.58 bits per heavy atom. The summed E-state index contributed by atoms with van der Waals surface area (Å²) in [6.07, 6.45) is 0.0421. The molecular formula is C20H25NO3. The lowest BCUT2D eigenvalue weighted by molar-refractivity contribution is -0.122. The third-order valence-corrected chi connectivity index (χ3v) is 3.93. The fourth-order valence-corrected chi connectivity index (χ4v) is 2.72. The van der Waals surface area contributed by atoms with E-state index in [2.05, 4.69) is 17.4 Å². The van der Waals surface area contributed by atoms with Crippen LogP contribution in [0.1, 0.15) is 30.0 Å². The molecule has 2 aromatic carbocycles. The van der Waals surface area contributed by atoms with E-state index < -0.39 is 6.10 Å². The SMILES string of the molecule is CCC(Oc1ccc(OC)cc1)C(=O)Nc1c(C)cc(C)cc1C. The molecule has 0 aliphatic heterocycles. The van der Waals surface area contributed by atoms with Crippen LogP contribution in [0, 0.1) is 20.8 Å². The highest BCUT2D eigenvalue weighted by Gasteiger charge is 2.20. The summed E-state index contributed by atoms with van der Waals surface area (Å²) < 4.78 is 11.0. The van der Waals surface area contributed by atoms with Crippen molar-refractivity contribution in [3.05, 3.63) is 53.1 Å². The van der Waals surface area contributed by atoms with E-state index in [-0.39, 0.29) is 5.91 Å². The maximum atomic E-state index is 12.6. The van der Waals surface area contributed by atoms with Crippen molar-refractivity contribution in [1.82, 2.24) is 0 Å². The summed E-state index contributed by atoms with van der Waals surface area (Å²) in [5.41, 5.74) is 4.16. The van der Waals surface area contributed by atoms with Gasteiger partial charge in [0, 0.05) is 5.69 Å². The van der Waals surface area contributed by atoms with Gasteiger partial charge in [0.2, 0.25) is 0 Å². The van der Waals surface area contributed by atoms with Gasteiger partial charge in [-0.3, -0.25) is 4.79 Å². The Bertz CT molecular complexity index is 684. The number of carbonyl (C=O) groups excluding carboxylic acids is 1. The molecule has 1 N–H and O–H groups in total. The van der Waals surface area contributed by atoms with Gasteiger partial charge in [0.1, 0.15) is 11.5 Å². The number of carbonyl (C=O) groups is 1. The van der Waals surface area contributed by atoms with Gasteiger partial charge in [-0.25, -0.2) is 0 Å². The lowest BCUT2D eigenvalue weighted by Gasteiger charge is -2.19. The molecule has 1 atom stereocenters. The number of benzene rings is 2. The molecule has 1 unspecified atom stereocenters. The monoisotopic (exact) mass is 327 g/mol. The van der Waals surface area contributed by atoms with Crippen molar-refractivity contribution in [3.63, 3.8) is 0 Å². The number of methoxy groups -OCH3 is 1. The van der Waals surface area contributed by atoms with Crippen molar-refractivity contribution in [3.8, 4) is 11.5 Å². The van der Waals surface area contributed by atoms with Crippen LogP contribution in [-0.4, -0.2) is 19.1 Å². The van der Waals surface area contributed by atoms with Crippen LogP contribution in [0.5, 0.6) is 11.5 Å². The molecule has 0 fully saturated rings. The number of anilines is 1. The Hall–Kier alpha value is -2.49. The van der Waals surface area contributed by atoms with E-state index in [1.54, 1.807) is 19.2 Å². The Balaban J connectivity index is 2.11. The van der Waals surface area contributed by atoms with E-state index in [0.29, 0.717) is 12.2 Å². The topological polar surface area (TPSA) is 47.6 Å². The van der Waals surface area contributed by atoms with Crippen LogP contribution in [0.4, 0.5) is 5.69 Å². The molecule has 4 nitrogen and oxygen atoms in total. The summed E-state index contributed by atoms with van der Waals surface area (Å²) in [6.45, 7) is 7.98. The van der Waals surface area contributed by atoms with Crippen LogP contribution in [-0.2, 0) is 4.79 Å². The Kier molecular flexibility index (Phi) is 5.85. The van der Waals surface area contributed by atoms with Crippen LogP contribution in [0.25, 0.3) is 0 Å². The van der Waals surface area contributed by atoms with Crippen LogP contribution in [0.2, 0.25) is 0 Å². The van der Waals surface area contributed by atoms with E-state index in [1.165, 1.54) is 5.56 Å². The molecule has 0 aromatic heterocycles. The van der Waals surface area contributed by atoms with Gasteiger partial charge in [-0.05, 0) is 62.6 Å². The largest absolute Gasteiger partial charge is 0.497 e. The fourth-order valence-electron chi connectivity index (χ4n) is 2.72. The average Bonchev–Trinajstić information content (AvgIpc) is 2.56. The lowest BCUT2D eigenvalue weighted by Crippen LogP contribution is -2.32. The first-order valence-electron chi connectivity index (χ1n) is 8.14. The second kappa shape index (κ2) is 7.86. The van der Waals surface area contributed by atoms with Gasteiger partial charge in [0.15, 0.2) is 6.10 Å². The molecule has 128 valence electrons. The predicted molar refractivity (Wildman–Crippen MR) is 97.0 cm³/mol. The van der Waals surface area contributed by atoms with Gasteiger partial charge in [0.05, 0.1) is 7.11 Å². The molecule has 4 heteroatoms. The molecule has 2 rings (SSSR count). The van der Waals surface area contributed by atoms with E-state index in [9.17, 15) is 4.79 Å². The molecule has 0 heterocycles. The number of hydrogen-bond donors (Lipinski definition) is 1. The standard InChI is InChI=1S/C20H25NO3/c1-6-18(24-17-9-7-16(23-5)8-10-17)20(22)21-19-14(3)11-13(2)12-15(19)4/h7-12,18H,6H2,1-5H3,(H,21,22). The van der Waals surface area contributed by atoms with Crippen LogP contribution in [0.15, 0.2) is 36.4 Å². The van der Waals surface area contributed by atoms with Gasteiger partial charge in [0.25, 0.3) is 5.91 Å². The molecule has 0 spiro atoms. The van der Waals surface area contributed by atoms with E-state index >= 15 is 0 Å². The normalized spacial score (nSPS) is 11.7. The molecule has 2 aromatic rings. The van der Waals surface area contributed by atoms with Gasteiger partial charge < -0.3 is 14.8 Å². The molecule has 0 radical (unpaired) electrons. The number of rotatable bonds is 6. The van der Waals surface area contributed by atoms with Gasteiger partial charge >= 0.3 is 0 Å². The first-order chi connectivity index (χ1) is 11.4. The summed E-state index contributed by atoms with van der Waals surface area (Å²) in [5, 5.41) is 3.01. The third kappa shape index (κ3) is 4.28. The summed E-state index contributed by atoms with van der Waals surface area (Å²) in [6, 6.07) is 11.4. The Morgan fingerprint density at radius 3 is 2.08 bits per heavy atom. The number of nitrogens with one attached hydrogen (secondary N) is 1. The first-order valence-corrected chi connectivity index (χ1v) is 8.14. The molecule has 24 heavy (non-hydrogen) atoms. The van der Waals surface area contributed by atoms with E-state index in [4.69, 9.17) is 9.47 Å². The van der Waals surface area contributed by atoms with Crippen molar-refractivity contribution < 1.29 is 14.3 Å². The van der Waals surface area contributed by atoms with Crippen LogP contribution in [0.3, 0.4) is 0 Å². The van der Waals surface area contributed by atoms with Crippen LogP contribution < -0.4 is 14.8 Å². The van der Waals surface area contributed by atoms with Gasteiger partial charge in [-0.2, -0.15) is 0 Å².